The highest BCUT2D eigenvalue weighted by Crippen LogP contribution is 2.48. The summed E-state index contributed by atoms with van der Waals surface area (Å²) in [6.45, 7) is 4.53. The number of carbonyl (C=O) groups excluding carboxylic acids is 2. The Hall–Kier alpha value is -3.94. The lowest BCUT2D eigenvalue weighted by atomic mass is 9.73. The Kier molecular flexibility index (Phi) is 6.35. The van der Waals surface area contributed by atoms with Gasteiger partial charge in [0.1, 0.15) is 5.82 Å². The molecule has 186 valence electrons. The van der Waals surface area contributed by atoms with Crippen LogP contribution in [0.2, 0.25) is 0 Å². The Morgan fingerprint density at radius 2 is 1.94 bits per heavy atom. The largest absolute Gasteiger partial charge is 0.357 e. The SMILES string of the molecule is CC1(C)CC(=O)C2=C(C1)Nc1ccccc1N(CC(=O)NCCc1cnc[nH]1)C2c1ccccc1F. The minimum absolute atomic E-state index is 0.0283. The minimum atomic E-state index is -0.737. The summed E-state index contributed by atoms with van der Waals surface area (Å²) in [5, 5.41) is 6.44. The number of aromatic nitrogens is 2. The smallest absolute Gasteiger partial charge is 0.239 e. The number of hydrogen-bond acceptors (Lipinski definition) is 5. The molecule has 3 N–H and O–H groups in total. The summed E-state index contributed by atoms with van der Waals surface area (Å²) in [5.41, 5.74) is 3.93. The lowest BCUT2D eigenvalue weighted by Crippen LogP contribution is -2.42. The number of para-hydroxylation sites is 2. The Morgan fingerprint density at radius 3 is 2.72 bits per heavy atom. The average molecular weight is 488 g/mol. The van der Waals surface area contributed by atoms with Gasteiger partial charge in [0.25, 0.3) is 0 Å². The number of aromatic amines is 1. The molecule has 1 amide bonds. The number of Topliss-reactive ketones (excluding diaryl/α,β-unsaturated/α-hetero) is 1. The van der Waals surface area contributed by atoms with Gasteiger partial charge in [-0.25, -0.2) is 9.37 Å². The summed E-state index contributed by atoms with van der Waals surface area (Å²) in [6, 6.07) is 13.4. The Bertz CT molecular complexity index is 1310. The molecular weight excluding hydrogens is 457 g/mol. The van der Waals surface area contributed by atoms with Gasteiger partial charge in [-0.2, -0.15) is 0 Å². The molecule has 7 nitrogen and oxygen atoms in total. The number of H-pyrrole nitrogens is 1. The van der Waals surface area contributed by atoms with Crippen molar-refractivity contribution in [3.63, 3.8) is 0 Å². The number of ketones is 1. The molecule has 0 saturated carbocycles. The maximum atomic E-state index is 15.3. The van der Waals surface area contributed by atoms with E-state index in [4.69, 9.17) is 0 Å². The van der Waals surface area contributed by atoms with Crippen LogP contribution < -0.4 is 15.5 Å². The molecule has 1 aliphatic carbocycles. The van der Waals surface area contributed by atoms with Crippen molar-refractivity contribution in [1.82, 2.24) is 15.3 Å². The van der Waals surface area contributed by atoms with Gasteiger partial charge >= 0.3 is 0 Å². The van der Waals surface area contributed by atoms with Crippen LogP contribution in [-0.2, 0) is 16.0 Å². The number of fused-ring (bicyclic) bond motifs is 1. The summed E-state index contributed by atoms with van der Waals surface area (Å²) in [7, 11) is 0. The van der Waals surface area contributed by atoms with Crippen molar-refractivity contribution >= 4 is 23.1 Å². The van der Waals surface area contributed by atoms with Crippen molar-refractivity contribution in [2.24, 2.45) is 5.41 Å². The van der Waals surface area contributed by atoms with Crippen LogP contribution in [0, 0.1) is 11.2 Å². The van der Waals surface area contributed by atoms with Gasteiger partial charge in [-0.15, -0.1) is 0 Å². The number of imidazole rings is 1. The van der Waals surface area contributed by atoms with Gasteiger partial charge in [0.15, 0.2) is 5.78 Å². The van der Waals surface area contributed by atoms with E-state index in [1.807, 2.05) is 29.2 Å². The highest BCUT2D eigenvalue weighted by molar-refractivity contribution is 6.01. The first-order valence-corrected chi connectivity index (χ1v) is 12.2. The first-order valence-electron chi connectivity index (χ1n) is 12.2. The van der Waals surface area contributed by atoms with E-state index in [2.05, 4.69) is 34.4 Å². The lowest BCUT2D eigenvalue weighted by Gasteiger charge is -2.38. The predicted molar refractivity (Wildman–Crippen MR) is 137 cm³/mol. The summed E-state index contributed by atoms with van der Waals surface area (Å²) in [5.74, 6) is -0.645. The van der Waals surface area contributed by atoms with Gasteiger partial charge in [-0.1, -0.05) is 44.2 Å². The maximum absolute atomic E-state index is 15.3. The second-order valence-electron chi connectivity index (χ2n) is 10.2. The van der Waals surface area contributed by atoms with Gasteiger partial charge in [0.05, 0.1) is 30.3 Å². The van der Waals surface area contributed by atoms with Gasteiger partial charge < -0.3 is 20.5 Å². The number of nitrogens with one attached hydrogen (secondary N) is 3. The van der Waals surface area contributed by atoms with Crippen LogP contribution in [0.1, 0.15) is 44.0 Å². The van der Waals surface area contributed by atoms with Gasteiger partial charge in [-0.05, 0) is 30.0 Å². The molecule has 2 heterocycles. The first kappa shape index (κ1) is 23.8. The normalized spacial score (nSPS) is 18.7. The van der Waals surface area contributed by atoms with Gasteiger partial charge in [0, 0.05) is 48.1 Å². The molecular formula is C28H30FN5O2. The fraction of sp³-hybridized carbons (Fsp3) is 0.321. The van der Waals surface area contributed by atoms with Crippen LogP contribution in [0.3, 0.4) is 0 Å². The van der Waals surface area contributed by atoms with Gasteiger partial charge in [0.2, 0.25) is 5.91 Å². The molecule has 2 aliphatic rings. The fourth-order valence-electron chi connectivity index (χ4n) is 5.22. The number of nitrogens with zero attached hydrogens (tertiary/aromatic N) is 2. The zero-order chi connectivity index (χ0) is 25.3. The molecule has 2 aromatic carbocycles. The Labute approximate surface area is 209 Å². The third kappa shape index (κ3) is 4.76. The summed E-state index contributed by atoms with van der Waals surface area (Å²) in [6.07, 6.45) is 4.95. The minimum Gasteiger partial charge on any atom is -0.357 e. The summed E-state index contributed by atoms with van der Waals surface area (Å²) in [4.78, 5) is 35.7. The molecule has 1 unspecified atom stereocenters. The van der Waals surface area contributed by atoms with Crippen molar-refractivity contribution in [2.75, 3.05) is 23.3 Å². The molecule has 1 aromatic heterocycles. The first-order chi connectivity index (χ1) is 17.3. The molecule has 36 heavy (non-hydrogen) atoms. The molecule has 8 heteroatoms. The van der Waals surface area contributed by atoms with Crippen LogP contribution in [0.4, 0.5) is 15.8 Å². The second-order valence-corrected chi connectivity index (χ2v) is 10.2. The topological polar surface area (TPSA) is 90.1 Å². The molecule has 0 saturated heterocycles. The molecule has 0 radical (unpaired) electrons. The van der Waals surface area contributed by atoms with Crippen LogP contribution in [0.5, 0.6) is 0 Å². The fourth-order valence-corrected chi connectivity index (χ4v) is 5.22. The van der Waals surface area contributed by atoms with Crippen molar-refractivity contribution in [1.29, 1.82) is 0 Å². The highest BCUT2D eigenvalue weighted by Gasteiger charge is 2.42. The monoisotopic (exact) mass is 487 g/mol. The molecule has 1 aliphatic heterocycles. The van der Waals surface area contributed by atoms with Crippen molar-refractivity contribution < 1.29 is 14.0 Å². The van der Waals surface area contributed by atoms with Crippen LogP contribution in [0.15, 0.2) is 72.3 Å². The molecule has 5 rings (SSSR count). The number of anilines is 2. The van der Waals surface area contributed by atoms with E-state index in [-0.39, 0.29) is 23.7 Å². The summed E-state index contributed by atoms with van der Waals surface area (Å²) < 4.78 is 15.3. The number of carbonyl (C=O) groups is 2. The van der Waals surface area contributed by atoms with E-state index < -0.39 is 11.9 Å². The van der Waals surface area contributed by atoms with E-state index in [0.29, 0.717) is 36.9 Å². The van der Waals surface area contributed by atoms with E-state index in [9.17, 15) is 9.59 Å². The summed E-state index contributed by atoms with van der Waals surface area (Å²) >= 11 is 0. The quantitative estimate of drug-likeness (QED) is 0.476. The molecule has 0 bridgehead atoms. The van der Waals surface area contributed by atoms with Crippen molar-refractivity contribution in [3.8, 4) is 0 Å². The predicted octanol–water partition coefficient (Wildman–Crippen LogP) is 4.52. The van der Waals surface area contributed by atoms with E-state index in [0.717, 1.165) is 22.8 Å². The van der Waals surface area contributed by atoms with Crippen molar-refractivity contribution in [3.05, 3.63) is 89.4 Å². The molecule has 1 atom stereocenters. The van der Waals surface area contributed by atoms with Crippen molar-refractivity contribution in [2.45, 2.75) is 39.2 Å². The second kappa shape index (κ2) is 9.60. The third-order valence-electron chi connectivity index (χ3n) is 6.79. The lowest BCUT2D eigenvalue weighted by molar-refractivity contribution is -0.120. The zero-order valence-corrected chi connectivity index (χ0v) is 20.5. The molecule has 0 fully saturated rings. The average Bonchev–Trinajstić information content (AvgIpc) is 3.30. The highest BCUT2D eigenvalue weighted by atomic mass is 19.1. The maximum Gasteiger partial charge on any atom is 0.239 e. The van der Waals surface area contributed by atoms with E-state index >= 15 is 4.39 Å². The Morgan fingerprint density at radius 1 is 1.17 bits per heavy atom. The standard InChI is InChI=1S/C28H30FN5O2/c1-28(2)13-22-26(24(35)14-28)27(19-7-3-4-8-20(19)29)34(23-10-6-5-9-21(23)33-22)16-25(36)31-12-11-18-15-30-17-32-18/h3-10,15,17,27,33H,11-14,16H2,1-2H3,(H,30,32)(H,31,36). The number of benzene rings is 2. The van der Waals surface area contributed by atoms with E-state index in [1.54, 1.807) is 30.7 Å². The van der Waals surface area contributed by atoms with Gasteiger partial charge in [-0.3, -0.25) is 9.59 Å². The molecule has 0 spiro atoms. The number of halogens is 1. The zero-order valence-electron chi connectivity index (χ0n) is 20.5. The number of allylic oxidation sites excluding steroid dienone is 1. The third-order valence-corrected chi connectivity index (χ3v) is 6.79. The number of rotatable bonds is 6. The molecule has 3 aromatic rings. The van der Waals surface area contributed by atoms with Crippen LogP contribution >= 0.6 is 0 Å². The number of amides is 1. The number of hydrogen-bond donors (Lipinski definition) is 3. The van der Waals surface area contributed by atoms with Crippen LogP contribution in [-0.4, -0.2) is 34.7 Å². The van der Waals surface area contributed by atoms with E-state index in [1.165, 1.54) is 6.07 Å². The van der Waals surface area contributed by atoms with Crippen LogP contribution in [0.25, 0.3) is 0 Å². The Balaban J connectivity index is 1.56.